The van der Waals surface area contributed by atoms with Crippen LogP contribution in [0.3, 0.4) is 0 Å². The molecule has 0 amide bonds. The molecule has 10 heteroatoms. The Labute approximate surface area is 220 Å². The number of nitrogens with zero attached hydrogens (tertiary/aromatic N) is 4. The average Bonchev–Trinajstić information content (AvgIpc) is 2.88. The molecular formula is C28H32F4N6. The fourth-order valence-electron chi connectivity index (χ4n) is 5.27. The van der Waals surface area contributed by atoms with E-state index in [9.17, 15) is 13.2 Å². The van der Waals surface area contributed by atoms with Crippen LogP contribution in [0.5, 0.6) is 0 Å². The first kappa shape index (κ1) is 26.2. The van der Waals surface area contributed by atoms with Crippen LogP contribution in [0, 0.1) is 28.7 Å². The van der Waals surface area contributed by atoms with Crippen molar-refractivity contribution >= 4 is 23.0 Å². The molecule has 0 bridgehead atoms. The number of rotatable bonds is 5. The van der Waals surface area contributed by atoms with Crippen molar-refractivity contribution in [2.24, 2.45) is 5.41 Å². The Morgan fingerprint density at radius 3 is 2.42 bits per heavy atom. The maximum absolute atomic E-state index is 15.4. The minimum Gasteiger partial charge on any atom is -0.368 e. The fraction of sp³-hybridized carbons (Fsp3) is 0.429. The molecule has 3 heterocycles. The molecule has 0 unspecified atom stereocenters. The van der Waals surface area contributed by atoms with Crippen LogP contribution in [0.2, 0.25) is 0 Å². The molecule has 0 atom stereocenters. The molecule has 0 spiro atoms. The highest BCUT2D eigenvalue weighted by molar-refractivity contribution is 5.71. The lowest BCUT2D eigenvalue weighted by Crippen LogP contribution is -2.44. The molecule has 2 aromatic carbocycles. The van der Waals surface area contributed by atoms with Crippen LogP contribution in [-0.4, -0.2) is 48.7 Å². The van der Waals surface area contributed by atoms with Gasteiger partial charge in [-0.1, -0.05) is 13.8 Å². The van der Waals surface area contributed by atoms with E-state index in [-0.39, 0.29) is 40.0 Å². The van der Waals surface area contributed by atoms with Gasteiger partial charge in [-0.3, -0.25) is 0 Å². The summed E-state index contributed by atoms with van der Waals surface area (Å²) in [5.74, 6) is -3.37. The first-order valence-electron chi connectivity index (χ1n) is 12.9. The molecule has 0 saturated carbocycles. The molecule has 2 N–H and O–H groups in total. The van der Waals surface area contributed by atoms with Crippen LogP contribution >= 0.6 is 0 Å². The molecule has 38 heavy (non-hydrogen) atoms. The first-order valence-corrected chi connectivity index (χ1v) is 12.9. The Morgan fingerprint density at radius 1 is 0.974 bits per heavy atom. The minimum atomic E-state index is -1.08. The van der Waals surface area contributed by atoms with Crippen molar-refractivity contribution in [1.29, 1.82) is 0 Å². The highest BCUT2D eigenvalue weighted by atomic mass is 19.2. The number of aromatic nitrogens is 2. The largest absolute Gasteiger partial charge is 0.368 e. The van der Waals surface area contributed by atoms with E-state index in [0.717, 1.165) is 12.7 Å². The Morgan fingerprint density at radius 2 is 1.71 bits per heavy atom. The van der Waals surface area contributed by atoms with Gasteiger partial charge < -0.3 is 20.4 Å². The number of piperazine rings is 1. The van der Waals surface area contributed by atoms with Gasteiger partial charge in [0.25, 0.3) is 0 Å². The lowest BCUT2D eigenvalue weighted by Gasteiger charge is -2.43. The molecule has 6 nitrogen and oxygen atoms in total. The van der Waals surface area contributed by atoms with E-state index in [4.69, 9.17) is 0 Å². The maximum Gasteiger partial charge on any atom is 0.228 e. The number of anilines is 4. The highest BCUT2D eigenvalue weighted by Gasteiger charge is 2.34. The molecule has 1 aromatic heterocycles. The SMILES string of the molecule is CC(C)N1CC(C)(C)Cc2c(F)cc(-c3nc(Nc4ccc(N5CCNCC5)c(F)c4F)ncc3F)cc21. The molecule has 2 aliphatic rings. The number of hydrogen-bond donors (Lipinski definition) is 2. The van der Waals surface area contributed by atoms with Crippen LogP contribution in [0.1, 0.15) is 33.3 Å². The molecule has 0 radical (unpaired) electrons. The topological polar surface area (TPSA) is 56.3 Å². The summed E-state index contributed by atoms with van der Waals surface area (Å²) in [6, 6.07) is 6.03. The van der Waals surface area contributed by atoms with Gasteiger partial charge in [0.05, 0.1) is 17.6 Å². The van der Waals surface area contributed by atoms with Gasteiger partial charge in [-0.15, -0.1) is 0 Å². The normalized spacial score (nSPS) is 17.1. The van der Waals surface area contributed by atoms with Gasteiger partial charge in [-0.2, -0.15) is 0 Å². The quantitative estimate of drug-likeness (QED) is 0.418. The number of hydrogen-bond acceptors (Lipinski definition) is 6. The molecule has 3 aromatic rings. The lowest BCUT2D eigenvalue weighted by atomic mass is 9.80. The van der Waals surface area contributed by atoms with Crippen LogP contribution < -0.4 is 20.4 Å². The van der Waals surface area contributed by atoms with Gasteiger partial charge in [0.15, 0.2) is 17.5 Å². The highest BCUT2D eigenvalue weighted by Crippen LogP contribution is 2.41. The predicted octanol–water partition coefficient (Wildman–Crippen LogP) is 5.65. The van der Waals surface area contributed by atoms with E-state index >= 15 is 4.39 Å². The summed E-state index contributed by atoms with van der Waals surface area (Å²) in [7, 11) is 0. The summed E-state index contributed by atoms with van der Waals surface area (Å²) in [4.78, 5) is 12.0. The molecule has 0 aliphatic carbocycles. The zero-order valence-electron chi connectivity index (χ0n) is 22.0. The second-order valence-corrected chi connectivity index (χ2v) is 11.0. The van der Waals surface area contributed by atoms with Gasteiger partial charge in [-0.05, 0) is 49.9 Å². The van der Waals surface area contributed by atoms with E-state index < -0.39 is 23.3 Å². The van der Waals surface area contributed by atoms with Crippen molar-refractivity contribution in [1.82, 2.24) is 15.3 Å². The Kier molecular flexibility index (Phi) is 6.94. The van der Waals surface area contributed by atoms with Crippen LogP contribution in [0.15, 0.2) is 30.5 Å². The van der Waals surface area contributed by atoms with Crippen LogP contribution in [0.4, 0.5) is 40.6 Å². The number of nitrogens with one attached hydrogen (secondary N) is 2. The van der Waals surface area contributed by atoms with E-state index in [2.05, 4.69) is 39.3 Å². The maximum atomic E-state index is 15.4. The molecule has 2 aliphatic heterocycles. The fourth-order valence-corrected chi connectivity index (χ4v) is 5.27. The standard InChI is InChI=1S/C28H32F4N6/c1-16(2)38-15-28(3,4)13-18-19(29)11-17(12-23(18)38)26-20(30)14-34-27(36-26)35-21-5-6-22(25(32)24(21)31)37-9-7-33-8-10-37/h5-6,11-12,14,16,33H,7-10,13,15H2,1-4H3,(H,34,35,36). The zero-order chi connectivity index (χ0) is 27.2. The minimum absolute atomic E-state index is 0.109. The van der Waals surface area contributed by atoms with Crippen molar-refractivity contribution in [2.45, 2.75) is 40.2 Å². The first-order chi connectivity index (χ1) is 18.0. The number of benzene rings is 2. The van der Waals surface area contributed by atoms with Gasteiger partial charge in [0, 0.05) is 55.6 Å². The van der Waals surface area contributed by atoms with Crippen molar-refractivity contribution in [3.05, 3.63) is 59.3 Å². The van der Waals surface area contributed by atoms with Gasteiger partial charge in [0.2, 0.25) is 5.95 Å². The Bertz CT molecular complexity index is 1350. The summed E-state index contributed by atoms with van der Waals surface area (Å²) in [5.41, 5.74) is 1.30. The van der Waals surface area contributed by atoms with E-state index in [1.54, 1.807) is 11.0 Å². The average molecular weight is 529 g/mol. The Balaban J connectivity index is 1.48. The molecular weight excluding hydrogens is 496 g/mol. The summed E-state index contributed by atoms with van der Waals surface area (Å²) in [6.07, 6.45) is 1.50. The predicted molar refractivity (Wildman–Crippen MR) is 142 cm³/mol. The van der Waals surface area contributed by atoms with Crippen LogP contribution in [0.25, 0.3) is 11.3 Å². The second kappa shape index (κ2) is 10.1. The summed E-state index contributed by atoms with van der Waals surface area (Å²) in [5, 5.41) is 5.83. The summed E-state index contributed by atoms with van der Waals surface area (Å²) < 4.78 is 60.1. The zero-order valence-corrected chi connectivity index (χ0v) is 22.0. The van der Waals surface area contributed by atoms with E-state index in [1.165, 1.54) is 18.2 Å². The van der Waals surface area contributed by atoms with E-state index in [0.29, 0.717) is 43.9 Å². The summed E-state index contributed by atoms with van der Waals surface area (Å²) in [6.45, 7) is 11.5. The molecule has 202 valence electrons. The third kappa shape index (κ3) is 5.01. The van der Waals surface area contributed by atoms with Crippen LogP contribution in [-0.2, 0) is 6.42 Å². The van der Waals surface area contributed by atoms with Crippen molar-refractivity contribution in [2.75, 3.05) is 47.8 Å². The molecule has 1 saturated heterocycles. The third-order valence-electron chi connectivity index (χ3n) is 7.14. The van der Waals surface area contributed by atoms with Crippen molar-refractivity contribution in [3.8, 4) is 11.3 Å². The third-order valence-corrected chi connectivity index (χ3v) is 7.14. The smallest absolute Gasteiger partial charge is 0.228 e. The number of fused-ring (bicyclic) bond motifs is 1. The summed E-state index contributed by atoms with van der Waals surface area (Å²) >= 11 is 0. The van der Waals surface area contributed by atoms with Gasteiger partial charge in [0.1, 0.15) is 11.5 Å². The van der Waals surface area contributed by atoms with Crippen molar-refractivity contribution in [3.63, 3.8) is 0 Å². The molecule has 5 rings (SSSR count). The van der Waals surface area contributed by atoms with Crippen molar-refractivity contribution < 1.29 is 17.6 Å². The lowest BCUT2D eigenvalue weighted by molar-refractivity contribution is 0.332. The second-order valence-electron chi connectivity index (χ2n) is 11.0. The van der Waals surface area contributed by atoms with Gasteiger partial charge >= 0.3 is 0 Å². The van der Waals surface area contributed by atoms with E-state index in [1.807, 2.05) is 13.8 Å². The molecule has 1 fully saturated rings. The number of halogens is 4. The van der Waals surface area contributed by atoms with Gasteiger partial charge in [-0.25, -0.2) is 27.5 Å². The Hall–Kier alpha value is -3.40. The monoisotopic (exact) mass is 528 g/mol.